The largest absolute Gasteiger partial charge is 0.480 e. The summed E-state index contributed by atoms with van der Waals surface area (Å²) in [7, 11) is 0. The molecule has 1 aromatic carbocycles. The Labute approximate surface area is 209 Å². The quantitative estimate of drug-likeness (QED) is 0.228. The fraction of sp³-hybridized carbons (Fsp3) is 0.500. The molecule has 0 spiro atoms. The molecule has 33 heavy (non-hydrogen) atoms. The number of halogens is 2. The number of allylic oxidation sites excluding steroid dienone is 1. The number of carbonyl (C=O) groups is 3. The van der Waals surface area contributed by atoms with Crippen LogP contribution in [0.25, 0.3) is 0 Å². The van der Waals surface area contributed by atoms with E-state index in [4.69, 9.17) is 40.2 Å². The van der Waals surface area contributed by atoms with E-state index in [0.717, 1.165) is 25.7 Å². The Balaban J connectivity index is 2.31. The Morgan fingerprint density at radius 1 is 1.24 bits per heavy atom. The summed E-state index contributed by atoms with van der Waals surface area (Å²) in [6.07, 6.45) is 3.19. The minimum absolute atomic E-state index is 0.00831. The topological polar surface area (TPSA) is 83.9 Å². The van der Waals surface area contributed by atoms with Crippen LogP contribution in [-0.4, -0.2) is 51.2 Å². The molecule has 9 heteroatoms. The van der Waals surface area contributed by atoms with E-state index in [0.29, 0.717) is 17.0 Å². The molecule has 180 valence electrons. The molecule has 0 amide bonds. The zero-order valence-electron chi connectivity index (χ0n) is 19.0. The van der Waals surface area contributed by atoms with Gasteiger partial charge in [0, 0.05) is 11.6 Å². The summed E-state index contributed by atoms with van der Waals surface area (Å²) < 4.78 is 5.95. The molecule has 0 saturated heterocycles. The lowest BCUT2D eigenvalue weighted by Crippen LogP contribution is -2.48. The molecule has 1 saturated carbocycles. The molecule has 0 heterocycles. The van der Waals surface area contributed by atoms with Crippen LogP contribution in [0.1, 0.15) is 63.2 Å². The number of aliphatic carboxylic acids is 1. The van der Waals surface area contributed by atoms with Gasteiger partial charge < -0.3 is 14.7 Å². The van der Waals surface area contributed by atoms with E-state index in [2.05, 4.69) is 6.58 Å². The van der Waals surface area contributed by atoms with Crippen molar-refractivity contribution < 1.29 is 24.2 Å². The standard InChI is InChI=1S/C24H29Cl2NO5S/c1-5-13(2)22(31)17-10-11-18(21(26)20(17)25)32-23(15(4)28)14(3)24(33)27(12-19(29)30)16-8-6-7-9-16/h10-11,14,16,23H,2,5-9,12H2,1,3-4H3,(H,29,30). The van der Waals surface area contributed by atoms with E-state index >= 15 is 0 Å². The van der Waals surface area contributed by atoms with Crippen LogP contribution < -0.4 is 4.74 Å². The monoisotopic (exact) mass is 513 g/mol. The van der Waals surface area contributed by atoms with Crippen LogP contribution in [0.15, 0.2) is 24.3 Å². The Morgan fingerprint density at radius 3 is 2.36 bits per heavy atom. The first-order chi connectivity index (χ1) is 15.5. The van der Waals surface area contributed by atoms with Crippen LogP contribution in [0.4, 0.5) is 0 Å². The molecule has 1 aliphatic carbocycles. The molecule has 1 N–H and O–H groups in total. The Bertz CT molecular complexity index is 958. The highest BCUT2D eigenvalue weighted by atomic mass is 35.5. The van der Waals surface area contributed by atoms with Crippen molar-refractivity contribution in [1.29, 1.82) is 0 Å². The second-order valence-corrected chi connectivity index (χ2v) is 9.44. The Hall–Kier alpha value is -1.96. The lowest BCUT2D eigenvalue weighted by atomic mass is 9.99. The maximum atomic E-state index is 12.5. The highest BCUT2D eigenvalue weighted by molar-refractivity contribution is 7.80. The third-order valence-electron chi connectivity index (χ3n) is 5.89. The van der Waals surface area contributed by atoms with Gasteiger partial charge in [0.25, 0.3) is 0 Å². The first-order valence-corrected chi connectivity index (χ1v) is 12.1. The number of Topliss-reactive ketones (excluding diaryl/α,β-unsaturated/α-hetero) is 2. The first kappa shape index (κ1) is 27.3. The summed E-state index contributed by atoms with van der Waals surface area (Å²) in [4.78, 5) is 38.5. The van der Waals surface area contributed by atoms with Gasteiger partial charge in [-0.05, 0) is 43.9 Å². The van der Waals surface area contributed by atoms with Crippen molar-refractivity contribution in [3.8, 4) is 5.75 Å². The van der Waals surface area contributed by atoms with Gasteiger partial charge in [0.15, 0.2) is 17.7 Å². The number of hydrogen-bond donors (Lipinski definition) is 1. The normalized spacial score (nSPS) is 15.5. The molecule has 1 aromatic rings. The van der Waals surface area contributed by atoms with Crippen LogP contribution in [0, 0.1) is 5.92 Å². The summed E-state index contributed by atoms with van der Waals surface area (Å²) in [5.41, 5.74) is 0.602. The average molecular weight is 514 g/mol. The number of ketones is 2. The van der Waals surface area contributed by atoms with Crippen molar-refractivity contribution in [2.24, 2.45) is 5.92 Å². The minimum Gasteiger partial charge on any atom is -0.480 e. The Kier molecular flexibility index (Phi) is 9.88. The van der Waals surface area contributed by atoms with Gasteiger partial charge >= 0.3 is 5.97 Å². The lowest BCUT2D eigenvalue weighted by Gasteiger charge is -2.35. The predicted octanol–water partition coefficient (Wildman–Crippen LogP) is 5.77. The zero-order valence-corrected chi connectivity index (χ0v) is 21.4. The Morgan fingerprint density at radius 2 is 1.85 bits per heavy atom. The highest BCUT2D eigenvalue weighted by Gasteiger charge is 2.35. The van der Waals surface area contributed by atoms with Crippen LogP contribution in [0.3, 0.4) is 0 Å². The molecule has 0 radical (unpaired) electrons. The number of nitrogens with zero attached hydrogens (tertiary/aromatic N) is 1. The second kappa shape index (κ2) is 12.0. The van der Waals surface area contributed by atoms with Gasteiger partial charge in [0.2, 0.25) is 0 Å². The fourth-order valence-electron chi connectivity index (χ4n) is 3.96. The molecule has 0 bridgehead atoms. The predicted molar refractivity (Wildman–Crippen MR) is 134 cm³/mol. The number of benzene rings is 1. The third-order valence-corrected chi connectivity index (χ3v) is 7.36. The van der Waals surface area contributed by atoms with E-state index in [1.165, 1.54) is 19.1 Å². The summed E-state index contributed by atoms with van der Waals surface area (Å²) in [6, 6.07) is 3.00. The summed E-state index contributed by atoms with van der Waals surface area (Å²) in [5.74, 6) is -2.04. The average Bonchev–Trinajstić information content (AvgIpc) is 3.30. The number of ether oxygens (including phenoxy) is 1. The lowest BCUT2D eigenvalue weighted by molar-refractivity contribution is -0.137. The van der Waals surface area contributed by atoms with Crippen molar-refractivity contribution in [2.45, 2.75) is 65.0 Å². The summed E-state index contributed by atoms with van der Waals surface area (Å²) in [6.45, 7) is 8.43. The number of carboxylic acids is 1. The van der Waals surface area contributed by atoms with E-state index < -0.39 is 18.0 Å². The molecule has 2 rings (SSSR count). The summed E-state index contributed by atoms with van der Waals surface area (Å²) >= 11 is 18.4. The molecular weight excluding hydrogens is 485 g/mol. The van der Waals surface area contributed by atoms with Gasteiger partial charge in [-0.3, -0.25) is 14.4 Å². The smallest absolute Gasteiger partial charge is 0.323 e. The maximum absolute atomic E-state index is 12.5. The van der Waals surface area contributed by atoms with Gasteiger partial charge in [-0.15, -0.1) is 0 Å². The molecule has 1 aliphatic rings. The van der Waals surface area contributed by atoms with E-state index in [9.17, 15) is 19.5 Å². The van der Waals surface area contributed by atoms with Gasteiger partial charge in [0.05, 0.1) is 15.9 Å². The van der Waals surface area contributed by atoms with Crippen LogP contribution in [-0.2, 0) is 9.59 Å². The van der Waals surface area contributed by atoms with Crippen molar-refractivity contribution in [3.63, 3.8) is 0 Å². The van der Waals surface area contributed by atoms with E-state index in [1.807, 2.05) is 6.92 Å². The summed E-state index contributed by atoms with van der Waals surface area (Å²) in [5, 5.41) is 9.41. The number of carboxylic acid groups (broad SMARTS) is 1. The third kappa shape index (κ3) is 6.55. The molecule has 2 atom stereocenters. The van der Waals surface area contributed by atoms with Gasteiger partial charge in [0.1, 0.15) is 17.3 Å². The zero-order chi connectivity index (χ0) is 24.9. The van der Waals surface area contributed by atoms with E-state index in [1.54, 1.807) is 11.8 Å². The number of carbonyl (C=O) groups excluding carboxylic acids is 2. The van der Waals surface area contributed by atoms with Crippen molar-refractivity contribution in [1.82, 2.24) is 4.90 Å². The first-order valence-electron chi connectivity index (χ1n) is 10.9. The van der Waals surface area contributed by atoms with Gasteiger partial charge in [-0.2, -0.15) is 0 Å². The number of rotatable bonds is 11. The SMILES string of the molecule is C=C(CC)C(=O)c1ccc(OC(C(C)=O)C(C)C(=S)N(CC(=O)O)C2CCCC2)c(Cl)c1Cl. The van der Waals surface area contributed by atoms with Crippen molar-refractivity contribution in [2.75, 3.05) is 6.54 Å². The van der Waals surface area contributed by atoms with Crippen LogP contribution in [0.5, 0.6) is 5.75 Å². The second-order valence-electron chi connectivity index (χ2n) is 8.26. The van der Waals surface area contributed by atoms with Crippen molar-refractivity contribution >= 4 is 57.9 Å². The van der Waals surface area contributed by atoms with Crippen LogP contribution in [0.2, 0.25) is 10.0 Å². The van der Waals surface area contributed by atoms with Gasteiger partial charge in [-0.25, -0.2) is 0 Å². The highest BCUT2D eigenvalue weighted by Crippen LogP contribution is 2.37. The molecular formula is C24H29Cl2NO5S. The minimum atomic E-state index is -1.00. The molecule has 0 aromatic heterocycles. The number of thiocarbonyl (C=S) groups is 1. The van der Waals surface area contributed by atoms with Crippen LogP contribution >= 0.6 is 35.4 Å². The molecule has 0 aliphatic heterocycles. The van der Waals surface area contributed by atoms with Crippen molar-refractivity contribution in [3.05, 3.63) is 39.9 Å². The molecule has 1 fully saturated rings. The van der Waals surface area contributed by atoms with Gasteiger partial charge in [-0.1, -0.05) is 68.7 Å². The number of hydrogen-bond acceptors (Lipinski definition) is 5. The molecule has 2 unspecified atom stereocenters. The fourth-order valence-corrected chi connectivity index (χ4v) is 4.75. The maximum Gasteiger partial charge on any atom is 0.323 e. The molecule has 6 nitrogen and oxygen atoms in total. The van der Waals surface area contributed by atoms with E-state index in [-0.39, 0.29) is 45.5 Å².